The highest BCUT2D eigenvalue weighted by Gasteiger charge is 2.20. The van der Waals surface area contributed by atoms with E-state index >= 15 is 0 Å². The van der Waals surface area contributed by atoms with E-state index in [2.05, 4.69) is 27.8 Å². The number of benzene rings is 2. The summed E-state index contributed by atoms with van der Waals surface area (Å²) in [5, 5.41) is 14.9. The number of para-hydroxylation sites is 2. The van der Waals surface area contributed by atoms with E-state index < -0.39 is 5.25 Å². The van der Waals surface area contributed by atoms with Crippen LogP contribution in [0, 0.1) is 13.8 Å². The molecule has 0 unspecified atom stereocenters. The second-order valence-corrected chi connectivity index (χ2v) is 7.40. The molecule has 3 aromatic rings. The number of carbonyl (C=O) groups excluding carboxylic acids is 1. The zero-order chi connectivity index (χ0) is 19.4. The maximum absolute atomic E-state index is 12.6. The number of nitrogens with zero attached hydrogens (tertiary/aromatic N) is 4. The minimum atomic E-state index is -0.397. The molecule has 8 heteroatoms. The third kappa shape index (κ3) is 4.28. The SMILES string of the molecule is COc1ccccc1NC(=O)[C@@H](C)Sc1nnnn1-c1ccc(C)c(C)c1. The minimum absolute atomic E-state index is 0.154. The zero-order valence-electron chi connectivity index (χ0n) is 15.6. The van der Waals surface area contributed by atoms with Crippen LogP contribution in [0.1, 0.15) is 18.1 Å². The topological polar surface area (TPSA) is 81.9 Å². The van der Waals surface area contributed by atoms with Gasteiger partial charge in [-0.25, -0.2) is 0 Å². The van der Waals surface area contributed by atoms with Crippen LogP contribution in [0.15, 0.2) is 47.6 Å². The van der Waals surface area contributed by atoms with Gasteiger partial charge in [0.15, 0.2) is 0 Å². The molecule has 0 radical (unpaired) electrons. The number of rotatable bonds is 6. The molecule has 27 heavy (non-hydrogen) atoms. The molecule has 2 aromatic carbocycles. The first kappa shape index (κ1) is 18.9. The monoisotopic (exact) mass is 383 g/mol. The van der Waals surface area contributed by atoms with Gasteiger partial charge in [0.1, 0.15) is 5.75 Å². The molecule has 3 rings (SSSR count). The summed E-state index contributed by atoms with van der Waals surface area (Å²) >= 11 is 1.30. The van der Waals surface area contributed by atoms with Crippen molar-refractivity contribution >= 4 is 23.4 Å². The quantitative estimate of drug-likeness (QED) is 0.657. The molecule has 1 heterocycles. The molecule has 1 atom stereocenters. The molecule has 0 spiro atoms. The predicted octanol–water partition coefficient (Wildman–Crippen LogP) is 3.41. The van der Waals surface area contributed by atoms with Gasteiger partial charge in [-0.1, -0.05) is 30.0 Å². The van der Waals surface area contributed by atoms with Crippen LogP contribution >= 0.6 is 11.8 Å². The molecule has 0 saturated carbocycles. The number of carbonyl (C=O) groups is 1. The van der Waals surface area contributed by atoms with Gasteiger partial charge in [-0.3, -0.25) is 4.79 Å². The first-order chi connectivity index (χ1) is 13.0. The Labute approximate surface area is 162 Å². The number of hydrogen-bond acceptors (Lipinski definition) is 6. The van der Waals surface area contributed by atoms with Gasteiger partial charge in [0, 0.05) is 0 Å². The van der Waals surface area contributed by atoms with Gasteiger partial charge in [-0.05, 0) is 66.6 Å². The van der Waals surface area contributed by atoms with Crippen molar-refractivity contribution in [2.24, 2.45) is 0 Å². The van der Waals surface area contributed by atoms with E-state index in [0.29, 0.717) is 16.6 Å². The number of thioether (sulfide) groups is 1. The molecule has 140 valence electrons. The second-order valence-electron chi connectivity index (χ2n) is 6.09. The van der Waals surface area contributed by atoms with Gasteiger partial charge in [-0.15, -0.1) is 5.10 Å². The van der Waals surface area contributed by atoms with Gasteiger partial charge in [0.2, 0.25) is 11.1 Å². The number of ether oxygens (including phenoxy) is 1. The van der Waals surface area contributed by atoms with Crippen molar-refractivity contribution in [3.8, 4) is 11.4 Å². The average Bonchev–Trinajstić information content (AvgIpc) is 3.12. The first-order valence-electron chi connectivity index (χ1n) is 8.46. The van der Waals surface area contributed by atoms with E-state index in [9.17, 15) is 4.79 Å². The minimum Gasteiger partial charge on any atom is -0.495 e. The van der Waals surface area contributed by atoms with Crippen LogP contribution in [0.2, 0.25) is 0 Å². The van der Waals surface area contributed by atoms with Crippen molar-refractivity contribution in [1.29, 1.82) is 0 Å². The largest absolute Gasteiger partial charge is 0.495 e. The molecular weight excluding hydrogens is 362 g/mol. The predicted molar refractivity (Wildman–Crippen MR) is 106 cm³/mol. The average molecular weight is 383 g/mol. The van der Waals surface area contributed by atoms with Gasteiger partial charge < -0.3 is 10.1 Å². The summed E-state index contributed by atoms with van der Waals surface area (Å²) in [6.45, 7) is 5.91. The first-order valence-corrected chi connectivity index (χ1v) is 9.34. The third-order valence-electron chi connectivity index (χ3n) is 4.19. The van der Waals surface area contributed by atoms with Gasteiger partial charge in [0.25, 0.3) is 0 Å². The Morgan fingerprint density at radius 2 is 1.96 bits per heavy atom. The lowest BCUT2D eigenvalue weighted by Crippen LogP contribution is -2.23. The van der Waals surface area contributed by atoms with Crippen molar-refractivity contribution in [1.82, 2.24) is 20.2 Å². The van der Waals surface area contributed by atoms with Crippen LogP contribution in [-0.4, -0.2) is 38.5 Å². The Morgan fingerprint density at radius 1 is 1.19 bits per heavy atom. The normalized spacial score (nSPS) is 11.9. The number of tetrazole rings is 1. The number of aromatic nitrogens is 4. The number of nitrogens with one attached hydrogen (secondary N) is 1. The van der Waals surface area contributed by atoms with E-state index in [0.717, 1.165) is 11.3 Å². The van der Waals surface area contributed by atoms with Gasteiger partial charge >= 0.3 is 0 Å². The summed E-state index contributed by atoms with van der Waals surface area (Å²) in [4.78, 5) is 12.6. The maximum atomic E-state index is 12.6. The third-order valence-corrected chi connectivity index (χ3v) is 5.23. The van der Waals surface area contributed by atoms with E-state index in [1.54, 1.807) is 23.9 Å². The number of anilines is 1. The number of amides is 1. The Morgan fingerprint density at radius 3 is 2.70 bits per heavy atom. The molecule has 0 bridgehead atoms. The molecule has 1 amide bonds. The molecule has 0 aliphatic rings. The molecule has 0 saturated heterocycles. The maximum Gasteiger partial charge on any atom is 0.237 e. The highest BCUT2D eigenvalue weighted by molar-refractivity contribution is 8.00. The second kappa shape index (κ2) is 8.22. The van der Waals surface area contributed by atoms with Crippen LogP contribution in [0.5, 0.6) is 5.75 Å². The zero-order valence-corrected chi connectivity index (χ0v) is 16.4. The Hall–Kier alpha value is -2.87. The van der Waals surface area contributed by atoms with Crippen molar-refractivity contribution in [2.75, 3.05) is 12.4 Å². The number of methoxy groups -OCH3 is 1. The number of hydrogen-bond donors (Lipinski definition) is 1. The fraction of sp³-hybridized carbons (Fsp3) is 0.263. The van der Waals surface area contributed by atoms with Gasteiger partial charge in [-0.2, -0.15) is 4.68 Å². The Kier molecular flexibility index (Phi) is 5.75. The van der Waals surface area contributed by atoms with Crippen LogP contribution in [0.25, 0.3) is 5.69 Å². The summed E-state index contributed by atoms with van der Waals surface area (Å²) in [5.74, 6) is 0.460. The standard InChI is InChI=1S/C19H21N5O2S/c1-12-9-10-15(11-13(12)2)24-19(21-22-23-24)27-14(3)18(25)20-16-7-5-6-8-17(16)26-4/h5-11,14H,1-4H3,(H,20,25)/t14-/m1/s1. The van der Waals surface area contributed by atoms with Crippen LogP contribution in [0.3, 0.4) is 0 Å². The number of aryl methyl sites for hydroxylation is 2. The van der Waals surface area contributed by atoms with Crippen LogP contribution < -0.4 is 10.1 Å². The van der Waals surface area contributed by atoms with E-state index in [1.165, 1.54) is 17.3 Å². The Bertz CT molecular complexity index is 957. The molecule has 1 N–H and O–H groups in total. The summed E-state index contributed by atoms with van der Waals surface area (Å²) in [7, 11) is 1.57. The smallest absolute Gasteiger partial charge is 0.237 e. The molecule has 7 nitrogen and oxygen atoms in total. The Balaban J connectivity index is 1.75. The highest BCUT2D eigenvalue weighted by atomic mass is 32.2. The highest BCUT2D eigenvalue weighted by Crippen LogP contribution is 2.27. The van der Waals surface area contributed by atoms with Crippen LogP contribution in [0.4, 0.5) is 5.69 Å². The van der Waals surface area contributed by atoms with Crippen molar-refractivity contribution < 1.29 is 9.53 Å². The fourth-order valence-corrected chi connectivity index (χ4v) is 3.27. The van der Waals surface area contributed by atoms with Gasteiger partial charge in [0.05, 0.1) is 23.7 Å². The molecule has 0 aliphatic carbocycles. The lowest BCUT2D eigenvalue weighted by atomic mass is 10.1. The van der Waals surface area contributed by atoms with E-state index in [4.69, 9.17) is 4.74 Å². The van der Waals surface area contributed by atoms with E-state index in [1.807, 2.05) is 44.2 Å². The molecular formula is C19H21N5O2S. The summed E-state index contributed by atoms with van der Waals surface area (Å²) in [5.41, 5.74) is 3.85. The summed E-state index contributed by atoms with van der Waals surface area (Å²) in [6.07, 6.45) is 0. The van der Waals surface area contributed by atoms with Crippen molar-refractivity contribution in [3.63, 3.8) is 0 Å². The summed E-state index contributed by atoms with van der Waals surface area (Å²) < 4.78 is 6.91. The van der Waals surface area contributed by atoms with E-state index in [-0.39, 0.29) is 5.91 Å². The lowest BCUT2D eigenvalue weighted by molar-refractivity contribution is -0.115. The van der Waals surface area contributed by atoms with Crippen molar-refractivity contribution in [3.05, 3.63) is 53.6 Å². The van der Waals surface area contributed by atoms with Crippen molar-refractivity contribution in [2.45, 2.75) is 31.2 Å². The lowest BCUT2D eigenvalue weighted by Gasteiger charge is -2.14. The molecule has 0 aliphatic heterocycles. The molecule has 1 aromatic heterocycles. The molecule has 0 fully saturated rings. The van der Waals surface area contributed by atoms with Crippen LogP contribution in [-0.2, 0) is 4.79 Å². The fourth-order valence-electron chi connectivity index (χ4n) is 2.47. The summed E-state index contributed by atoms with van der Waals surface area (Å²) in [6, 6.07) is 13.3.